The molecule has 3 rings (SSSR count). The Balaban J connectivity index is 2.02. The van der Waals surface area contributed by atoms with E-state index in [1.165, 1.54) is 0 Å². The van der Waals surface area contributed by atoms with Gasteiger partial charge in [-0.3, -0.25) is 4.57 Å². The molecule has 1 heterocycles. The summed E-state index contributed by atoms with van der Waals surface area (Å²) >= 11 is 7.65. The van der Waals surface area contributed by atoms with Crippen LogP contribution in [-0.2, 0) is 0 Å². The van der Waals surface area contributed by atoms with Crippen molar-refractivity contribution in [3.05, 3.63) is 53.2 Å². The molecule has 0 aliphatic carbocycles. The molecule has 1 aromatic heterocycles. The largest absolute Gasteiger partial charge is 0.497 e. The number of nitrogens with zero attached hydrogens (tertiary/aromatic N) is 3. The van der Waals surface area contributed by atoms with Gasteiger partial charge < -0.3 is 9.22 Å². The second-order valence-corrected chi connectivity index (χ2v) is 8.52. The Kier molecular flexibility index (Phi) is 6.75. The van der Waals surface area contributed by atoms with Crippen LogP contribution in [0.5, 0.6) is 5.75 Å². The number of ether oxygens (including phenoxy) is 1. The lowest BCUT2D eigenvalue weighted by Crippen LogP contribution is -2.45. The van der Waals surface area contributed by atoms with Crippen LogP contribution in [0.25, 0.3) is 16.6 Å². The van der Waals surface area contributed by atoms with Gasteiger partial charge in [-0.05, 0) is 50.2 Å². The number of benzene rings is 2. The molecule has 0 atom stereocenters. The summed E-state index contributed by atoms with van der Waals surface area (Å²) in [4.78, 5) is 4.95. The number of aromatic nitrogens is 2. The summed E-state index contributed by atoms with van der Waals surface area (Å²) in [6, 6.07) is 16.1. The maximum absolute atomic E-state index is 5.87. The van der Waals surface area contributed by atoms with Crippen LogP contribution in [0.3, 0.4) is 0 Å². The predicted molar refractivity (Wildman–Crippen MR) is 121 cm³/mol. The van der Waals surface area contributed by atoms with Gasteiger partial charge in [0.25, 0.3) is 0 Å². The van der Waals surface area contributed by atoms with Crippen LogP contribution in [0, 0.1) is 4.64 Å². The van der Waals surface area contributed by atoms with E-state index < -0.39 is 0 Å². The number of hydrogen-bond acceptors (Lipinski definition) is 4. The Hall–Kier alpha value is -1.89. The Labute approximate surface area is 176 Å². The van der Waals surface area contributed by atoms with Crippen molar-refractivity contribution >= 4 is 34.9 Å². The summed E-state index contributed by atoms with van der Waals surface area (Å²) in [7, 11) is 3.99. The zero-order valence-corrected chi connectivity index (χ0v) is 18.6. The first-order valence-electron chi connectivity index (χ1n) is 9.64. The normalized spacial score (nSPS) is 11.7. The van der Waals surface area contributed by atoms with E-state index in [1.54, 1.807) is 18.9 Å². The molecule has 0 N–H and O–H groups in total. The average Bonchev–Trinajstić information content (AvgIpc) is 2.74. The van der Waals surface area contributed by atoms with Crippen molar-refractivity contribution in [1.82, 2.24) is 9.55 Å². The van der Waals surface area contributed by atoms with Gasteiger partial charge in [-0.2, -0.15) is 0 Å². The van der Waals surface area contributed by atoms with E-state index in [0.717, 1.165) is 62.0 Å². The third kappa shape index (κ3) is 4.40. The fourth-order valence-electron chi connectivity index (χ4n) is 3.07. The van der Waals surface area contributed by atoms with E-state index in [9.17, 15) is 0 Å². The van der Waals surface area contributed by atoms with Crippen molar-refractivity contribution in [2.24, 2.45) is 0 Å². The van der Waals surface area contributed by atoms with E-state index in [4.69, 9.17) is 21.9 Å². The van der Waals surface area contributed by atoms with Gasteiger partial charge in [-0.15, -0.1) is 0 Å². The number of hydrogen-bond donors (Lipinski definition) is 0. The molecule has 3 aromatic rings. The van der Waals surface area contributed by atoms with Crippen LogP contribution >= 0.6 is 24.0 Å². The van der Waals surface area contributed by atoms with Gasteiger partial charge in [0, 0.05) is 11.1 Å². The predicted octanol–water partition coefficient (Wildman–Crippen LogP) is 5.34. The van der Waals surface area contributed by atoms with Crippen molar-refractivity contribution in [2.45, 2.75) is 19.0 Å². The van der Waals surface area contributed by atoms with Crippen molar-refractivity contribution in [3.63, 3.8) is 0 Å². The van der Waals surface area contributed by atoms with Crippen LogP contribution in [0.2, 0.25) is 0 Å². The molecule has 0 saturated heterocycles. The second kappa shape index (κ2) is 9.07. The first-order valence-corrected chi connectivity index (χ1v) is 11.0. The standard InChI is InChI=1S/C22H28N3OS2/c1-5-25(3,6-2)15-16-28-22-23-20-10-8-7-9-19(20)21(27)24(22)17-11-13-18(26-4)14-12-17/h7-14H,5-6,15-16H2,1-4H3/q+1. The van der Waals surface area contributed by atoms with Crippen LogP contribution in [0.1, 0.15) is 13.8 Å². The molecule has 6 heteroatoms. The van der Waals surface area contributed by atoms with Gasteiger partial charge in [0.05, 0.1) is 45.1 Å². The summed E-state index contributed by atoms with van der Waals surface area (Å²) in [5.74, 6) is 1.83. The summed E-state index contributed by atoms with van der Waals surface area (Å²) < 4.78 is 9.24. The highest BCUT2D eigenvalue weighted by atomic mass is 32.2. The van der Waals surface area contributed by atoms with Crippen molar-refractivity contribution in [1.29, 1.82) is 0 Å². The molecule has 0 aliphatic heterocycles. The highest BCUT2D eigenvalue weighted by Crippen LogP contribution is 2.27. The van der Waals surface area contributed by atoms with E-state index in [2.05, 4.69) is 25.5 Å². The third-order valence-corrected chi connectivity index (χ3v) is 6.79. The van der Waals surface area contributed by atoms with Crippen LogP contribution in [0.4, 0.5) is 0 Å². The van der Waals surface area contributed by atoms with Crippen molar-refractivity contribution in [2.75, 3.05) is 39.5 Å². The van der Waals surface area contributed by atoms with Crippen molar-refractivity contribution < 1.29 is 9.22 Å². The van der Waals surface area contributed by atoms with Gasteiger partial charge >= 0.3 is 0 Å². The summed E-state index contributed by atoms with van der Waals surface area (Å²) in [5.41, 5.74) is 1.96. The highest BCUT2D eigenvalue weighted by Gasteiger charge is 2.17. The minimum Gasteiger partial charge on any atom is -0.497 e. The first kappa shape index (κ1) is 20.8. The zero-order chi connectivity index (χ0) is 20.1. The van der Waals surface area contributed by atoms with Gasteiger partial charge in [0.2, 0.25) is 0 Å². The minimum atomic E-state index is 0.793. The quantitative estimate of drug-likeness (QED) is 0.215. The molecule has 0 amide bonds. The number of fused-ring (bicyclic) bond motifs is 1. The fourth-order valence-corrected chi connectivity index (χ4v) is 4.69. The molecule has 0 unspecified atom stereocenters. The molecule has 0 radical (unpaired) electrons. The Morgan fingerprint density at radius 2 is 1.75 bits per heavy atom. The van der Waals surface area contributed by atoms with E-state index in [1.807, 2.05) is 48.5 Å². The van der Waals surface area contributed by atoms with Crippen LogP contribution in [-0.4, -0.2) is 53.6 Å². The van der Waals surface area contributed by atoms with Gasteiger partial charge in [-0.1, -0.05) is 36.1 Å². The monoisotopic (exact) mass is 414 g/mol. The maximum Gasteiger partial charge on any atom is 0.174 e. The molecule has 0 bridgehead atoms. The van der Waals surface area contributed by atoms with Crippen LogP contribution < -0.4 is 4.74 Å². The number of methoxy groups -OCH3 is 1. The number of para-hydroxylation sites is 1. The van der Waals surface area contributed by atoms with Gasteiger partial charge in [-0.25, -0.2) is 4.98 Å². The lowest BCUT2D eigenvalue weighted by molar-refractivity contribution is -0.903. The van der Waals surface area contributed by atoms with Gasteiger partial charge in [0.15, 0.2) is 5.16 Å². The smallest absolute Gasteiger partial charge is 0.174 e. The Morgan fingerprint density at radius 3 is 2.39 bits per heavy atom. The fraction of sp³-hybridized carbons (Fsp3) is 0.364. The lowest BCUT2D eigenvalue weighted by atomic mass is 10.2. The van der Waals surface area contributed by atoms with Crippen LogP contribution in [0.15, 0.2) is 53.7 Å². The number of quaternary nitrogens is 1. The maximum atomic E-state index is 5.87. The highest BCUT2D eigenvalue weighted by molar-refractivity contribution is 7.99. The molecule has 28 heavy (non-hydrogen) atoms. The molecule has 148 valence electrons. The summed E-state index contributed by atoms with van der Waals surface area (Å²) in [6.45, 7) is 7.87. The van der Waals surface area contributed by atoms with Gasteiger partial charge in [0.1, 0.15) is 10.4 Å². The third-order valence-electron chi connectivity index (χ3n) is 5.46. The van der Waals surface area contributed by atoms with Crippen molar-refractivity contribution in [3.8, 4) is 11.4 Å². The average molecular weight is 415 g/mol. The molecule has 0 spiro atoms. The molecule has 4 nitrogen and oxygen atoms in total. The van der Waals surface area contributed by atoms with E-state index in [0.29, 0.717) is 0 Å². The molecular weight excluding hydrogens is 386 g/mol. The molecular formula is C22H28N3OS2+. The number of thioether (sulfide) groups is 1. The zero-order valence-electron chi connectivity index (χ0n) is 17.0. The molecule has 0 fully saturated rings. The topological polar surface area (TPSA) is 27.1 Å². The number of rotatable bonds is 8. The SMILES string of the molecule is CC[N+](C)(CC)CCSc1nc2ccccc2c(=S)n1-c1ccc(OC)cc1. The Bertz CT molecular complexity index is 995. The minimum absolute atomic E-state index is 0.793. The molecule has 0 saturated carbocycles. The summed E-state index contributed by atoms with van der Waals surface area (Å²) in [6.07, 6.45) is 0. The Morgan fingerprint density at radius 1 is 1.07 bits per heavy atom. The first-order chi connectivity index (χ1) is 13.5. The lowest BCUT2D eigenvalue weighted by Gasteiger charge is -2.32. The second-order valence-electron chi connectivity index (χ2n) is 7.07. The molecule has 0 aliphatic rings. The van der Waals surface area contributed by atoms with E-state index in [-0.39, 0.29) is 0 Å². The van der Waals surface area contributed by atoms with E-state index >= 15 is 0 Å². The summed E-state index contributed by atoms with van der Waals surface area (Å²) in [5, 5.41) is 1.94. The molecule has 2 aromatic carbocycles.